The maximum atomic E-state index is 5.61. The van der Waals surface area contributed by atoms with E-state index in [9.17, 15) is 0 Å². The predicted molar refractivity (Wildman–Crippen MR) is 151 cm³/mol. The molecule has 2 nitrogen and oxygen atoms in total. The minimum Gasteiger partial charge on any atom is -0.653 e. The van der Waals surface area contributed by atoms with Gasteiger partial charge in [0.15, 0.2) is 0 Å². The molecule has 4 fully saturated rings. The molecule has 4 unspecified atom stereocenters. The van der Waals surface area contributed by atoms with Gasteiger partial charge in [-0.2, -0.15) is 0 Å². The van der Waals surface area contributed by atoms with Gasteiger partial charge in [0.05, 0.1) is 0 Å². The minimum atomic E-state index is -1.55. The maximum Gasteiger partial charge on any atom is 4.00 e. The van der Waals surface area contributed by atoms with E-state index in [1.165, 1.54) is 83.6 Å². The van der Waals surface area contributed by atoms with Crippen molar-refractivity contribution in [2.75, 3.05) is 13.2 Å². The quantitative estimate of drug-likeness (QED) is 0.240. The summed E-state index contributed by atoms with van der Waals surface area (Å²) >= 11 is 0. The van der Waals surface area contributed by atoms with Gasteiger partial charge in [-0.05, 0) is 74.3 Å². The molecule has 0 aromatic heterocycles. The average molecular weight is 525 g/mol. The molecule has 0 bridgehead atoms. The topological polar surface area (TPSA) is 17.3 Å². The smallest absolute Gasteiger partial charge is 0.653 e. The van der Waals surface area contributed by atoms with Gasteiger partial charge in [0, 0.05) is 0 Å². The van der Waals surface area contributed by atoms with Crippen LogP contribution in [0.5, 0.6) is 0 Å². The van der Waals surface area contributed by atoms with Crippen LogP contribution in [-0.2, 0) is 21.7 Å². The molecule has 4 aliphatic rings. The van der Waals surface area contributed by atoms with Crippen molar-refractivity contribution in [2.45, 2.75) is 121 Å². The predicted octanol–water partition coefficient (Wildman–Crippen LogP) is 9.26. The van der Waals surface area contributed by atoms with Crippen LogP contribution in [0.25, 0.3) is 4.98 Å². The summed E-state index contributed by atoms with van der Waals surface area (Å²) in [7, 11) is -3.01. The van der Waals surface area contributed by atoms with E-state index in [1.807, 2.05) is 11.8 Å². The van der Waals surface area contributed by atoms with Gasteiger partial charge in [0.2, 0.25) is 0 Å². The molecule has 0 aromatic carbocycles. The molecule has 0 N–H and O–H groups in total. The van der Waals surface area contributed by atoms with Crippen molar-refractivity contribution in [1.29, 1.82) is 0 Å². The van der Waals surface area contributed by atoms with Gasteiger partial charge >= 0.3 is 21.7 Å². The molecule has 2 radical (unpaired) electrons. The fraction of sp³-hybridized carbons (Fsp3) is 0.821. The minimum absolute atomic E-state index is 0. The second kappa shape index (κ2) is 14.1. The zero-order chi connectivity index (χ0) is 20.6. The van der Waals surface area contributed by atoms with E-state index >= 15 is 0 Å². The van der Waals surface area contributed by atoms with E-state index in [0.29, 0.717) is 0 Å². The normalized spacial score (nSPS) is 30.4. The Kier molecular flexibility index (Phi) is 14.6. The molecule has 0 spiro atoms. The van der Waals surface area contributed by atoms with Gasteiger partial charge in [0.1, 0.15) is 8.24 Å². The Balaban J connectivity index is 0.00000256. The van der Waals surface area contributed by atoms with Crippen molar-refractivity contribution in [3.8, 4) is 0 Å². The Morgan fingerprint density at radius 1 is 0.727 bits per heavy atom. The fourth-order valence-electron chi connectivity index (χ4n) is 7.80. The van der Waals surface area contributed by atoms with Crippen molar-refractivity contribution in [2.24, 2.45) is 11.8 Å². The third-order valence-corrected chi connectivity index (χ3v) is 17.4. The van der Waals surface area contributed by atoms with Gasteiger partial charge in [-0.25, -0.2) is 0 Å². The molecule has 0 heterocycles. The first kappa shape index (κ1) is 34.1. The first-order valence-electron chi connectivity index (χ1n) is 13.0. The third-order valence-electron chi connectivity index (χ3n) is 9.64. The average Bonchev–Trinajstić information content (AvgIpc) is 3.33. The first-order valence-corrected chi connectivity index (χ1v) is 19.0. The van der Waals surface area contributed by atoms with Crippen molar-refractivity contribution in [3.05, 3.63) is 39.1 Å². The Morgan fingerprint density at radius 2 is 1.21 bits per heavy atom. The molecule has 0 amide bonds. The second-order valence-electron chi connectivity index (χ2n) is 11.8. The van der Waals surface area contributed by atoms with Crippen molar-refractivity contribution < 1.29 is 21.7 Å². The second-order valence-corrected chi connectivity index (χ2v) is 20.7. The number of rotatable bonds is 7. The summed E-state index contributed by atoms with van der Waals surface area (Å²) in [4.78, 5) is 5.61. The molecule has 5 heteroatoms. The Hall–Kier alpha value is 1.07. The summed E-state index contributed by atoms with van der Waals surface area (Å²) in [5.41, 5.74) is 1.83. The molecule has 0 aliphatic heterocycles. The number of hydrogen-bond acceptors (Lipinski definition) is 1. The van der Waals surface area contributed by atoms with Gasteiger partial charge in [-0.15, -0.1) is 6.67 Å². The Bertz CT molecular complexity index is 556. The molecule has 0 aromatic rings. The van der Waals surface area contributed by atoms with Crippen LogP contribution in [0.15, 0.2) is 0 Å². The van der Waals surface area contributed by atoms with Crippen molar-refractivity contribution >= 4 is 16.5 Å². The van der Waals surface area contributed by atoms with Gasteiger partial charge < -0.3 is 31.8 Å². The molecule has 4 saturated carbocycles. The third kappa shape index (κ3) is 7.10. The number of hydrogen-bond donors (Lipinski definition) is 0. The van der Waals surface area contributed by atoms with Gasteiger partial charge in [-0.3, -0.25) is 0 Å². The Labute approximate surface area is 227 Å². The van der Waals surface area contributed by atoms with Crippen LogP contribution in [0.3, 0.4) is 0 Å². The molecule has 33 heavy (non-hydrogen) atoms. The van der Waals surface area contributed by atoms with Crippen LogP contribution < -0.4 is 0 Å². The summed E-state index contributed by atoms with van der Waals surface area (Å²) in [5, 5.41) is 0. The standard InChI is InChI=1S/C25H47N2Si2.3CH3.Ti/c1-6-27(29(4,5)25-18-16-21-12-8-10-14-23(21)25)19-26-28(2,3)24-17-15-20-11-7-9-13-22(20)24;;;;/h20-21,24-25H,6-19H2,1-5H3;3*1H3;/q4*-1;+4. The van der Waals surface area contributed by atoms with E-state index in [2.05, 4.69) is 37.7 Å². The van der Waals surface area contributed by atoms with E-state index in [0.717, 1.165) is 29.6 Å². The maximum absolute atomic E-state index is 5.61. The van der Waals surface area contributed by atoms with E-state index in [1.54, 1.807) is 0 Å². The SMILES string of the molecule is CCN(C[N-][Si](C)(C)C1CCC2CCCC[C]21)[Si](C)(C)C1CCC2CCCC[C]21.[CH3-].[CH3-].[CH3-].[Ti+4]. The van der Waals surface area contributed by atoms with E-state index < -0.39 is 16.5 Å². The van der Waals surface area contributed by atoms with Gasteiger partial charge in [0.25, 0.3) is 0 Å². The molecule has 0 saturated heterocycles. The molecular formula is C28H56N2Si2Ti. The summed E-state index contributed by atoms with van der Waals surface area (Å²) in [6.45, 7) is 15.2. The van der Waals surface area contributed by atoms with Crippen LogP contribution in [0.1, 0.15) is 84.0 Å². The van der Waals surface area contributed by atoms with Crippen molar-refractivity contribution in [3.63, 3.8) is 0 Å². The zero-order valence-corrected chi connectivity index (χ0v) is 27.2. The van der Waals surface area contributed by atoms with E-state index in [4.69, 9.17) is 4.98 Å². The number of fused-ring (bicyclic) bond motifs is 2. The van der Waals surface area contributed by atoms with Crippen LogP contribution in [0.4, 0.5) is 0 Å². The summed E-state index contributed by atoms with van der Waals surface area (Å²) < 4.78 is 2.88. The van der Waals surface area contributed by atoms with Crippen LogP contribution >= 0.6 is 0 Å². The zero-order valence-electron chi connectivity index (χ0n) is 23.6. The van der Waals surface area contributed by atoms with E-state index in [-0.39, 0.29) is 44.0 Å². The molecule has 4 rings (SSSR count). The van der Waals surface area contributed by atoms with Crippen molar-refractivity contribution in [1.82, 2.24) is 4.57 Å². The summed E-state index contributed by atoms with van der Waals surface area (Å²) in [5.74, 6) is 5.92. The largest absolute Gasteiger partial charge is 4.00 e. The summed E-state index contributed by atoms with van der Waals surface area (Å²) in [6.07, 6.45) is 17.6. The number of nitrogens with zero attached hydrogens (tertiary/aromatic N) is 2. The molecule has 4 aliphatic carbocycles. The Morgan fingerprint density at radius 3 is 1.73 bits per heavy atom. The summed E-state index contributed by atoms with van der Waals surface area (Å²) in [6, 6.07) is 0. The molecule has 4 atom stereocenters. The molecule has 190 valence electrons. The van der Waals surface area contributed by atoms with Crippen LogP contribution in [0, 0.1) is 46.0 Å². The fourth-order valence-corrected chi connectivity index (χ4v) is 14.7. The molecular weight excluding hydrogens is 468 g/mol. The first-order chi connectivity index (χ1) is 13.8. The van der Waals surface area contributed by atoms with Crippen LogP contribution in [-0.4, -0.2) is 34.2 Å². The van der Waals surface area contributed by atoms with Crippen LogP contribution in [0.2, 0.25) is 37.3 Å². The monoisotopic (exact) mass is 524 g/mol. The van der Waals surface area contributed by atoms with Gasteiger partial charge in [-0.1, -0.05) is 85.4 Å².